The highest BCUT2D eigenvalue weighted by Crippen LogP contribution is 2.36. The topological polar surface area (TPSA) is 59.8 Å². The molecule has 0 bridgehead atoms. The summed E-state index contributed by atoms with van der Waals surface area (Å²) in [5.74, 6) is 0. The fourth-order valence-electron chi connectivity index (χ4n) is 3.18. The number of nitrogens with zero attached hydrogens (tertiary/aromatic N) is 3. The lowest BCUT2D eigenvalue weighted by Gasteiger charge is -2.32. The van der Waals surface area contributed by atoms with Crippen molar-refractivity contribution in [1.29, 1.82) is 0 Å². The third-order valence-electron chi connectivity index (χ3n) is 5.55. The Hall–Kier alpha value is -0.820. The van der Waals surface area contributed by atoms with Gasteiger partial charge in [0.15, 0.2) is 0 Å². The third kappa shape index (κ3) is 3.22. The molecule has 8 heteroatoms. The van der Waals surface area contributed by atoms with Crippen LogP contribution in [0.25, 0.3) is 0 Å². The summed E-state index contributed by atoms with van der Waals surface area (Å²) in [6.07, 6.45) is 5.89. The molecule has 2 saturated heterocycles. The second kappa shape index (κ2) is 5.92. The Labute approximate surface area is 139 Å². The van der Waals surface area contributed by atoms with E-state index < -0.39 is 0 Å². The van der Waals surface area contributed by atoms with E-state index in [-0.39, 0.29) is 25.4 Å². The number of hydrogen-bond donors (Lipinski definition) is 1. The highest BCUT2D eigenvalue weighted by atomic mass is 16.7. The van der Waals surface area contributed by atoms with E-state index in [1.807, 2.05) is 23.9 Å². The van der Waals surface area contributed by atoms with Gasteiger partial charge in [-0.25, -0.2) is 0 Å². The molecule has 3 heterocycles. The lowest BCUT2D eigenvalue weighted by atomic mass is 9.81. The van der Waals surface area contributed by atoms with E-state index in [2.05, 4.69) is 37.6 Å². The van der Waals surface area contributed by atoms with Crippen molar-refractivity contribution in [3.05, 3.63) is 12.4 Å². The van der Waals surface area contributed by atoms with Crippen molar-refractivity contribution < 1.29 is 14.3 Å². The van der Waals surface area contributed by atoms with Crippen LogP contribution in [0.5, 0.6) is 0 Å². The first-order valence-corrected chi connectivity index (χ1v) is 8.51. The summed E-state index contributed by atoms with van der Waals surface area (Å²) in [6.45, 7) is 11.9. The minimum Gasteiger partial charge on any atom is -0.437 e. The van der Waals surface area contributed by atoms with Crippen molar-refractivity contribution in [3.63, 3.8) is 0 Å². The molecule has 0 atom stereocenters. The molecule has 2 aliphatic heterocycles. The van der Waals surface area contributed by atoms with Gasteiger partial charge < -0.3 is 19.1 Å². The van der Waals surface area contributed by atoms with Gasteiger partial charge in [0, 0.05) is 17.9 Å². The average Bonchev–Trinajstić information content (AvgIpc) is 3.02. The first-order chi connectivity index (χ1) is 10.7. The molecule has 2 aliphatic rings. The molecule has 3 rings (SSSR count). The maximum Gasteiger partial charge on any atom is 0.498 e. The summed E-state index contributed by atoms with van der Waals surface area (Å²) in [5, 5.41) is 14.2. The van der Waals surface area contributed by atoms with Gasteiger partial charge >= 0.3 is 14.2 Å². The molecule has 0 amide bonds. The molecule has 0 unspecified atom stereocenters. The van der Waals surface area contributed by atoms with Crippen molar-refractivity contribution in [1.82, 2.24) is 14.6 Å². The van der Waals surface area contributed by atoms with Crippen molar-refractivity contribution in [3.8, 4) is 0 Å². The minimum absolute atomic E-state index is 0.331. The van der Waals surface area contributed by atoms with Crippen molar-refractivity contribution in [2.75, 3.05) is 13.1 Å². The molecule has 2 fully saturated rings. The van der Waals surface area contributed by atoms with Gasteiger partial charge in [-0.1, -0.05) is 0 Å². The van der Waals surface area contributed by atoms with Gasteiger partial charge in [-0.2, -0.15) is 5.10 Å². The summed E-state index contributed by atoms with van der Waals surface area (Å²) >= 11 is 0. The van der Waals surface area contributed by atoms with Gasteiger partial charge in [0.1, 0.15) is 0 Å². The zero-order chi connectivity index (χ0) is 16.8. The van der Waals surface area contributed by atoms with E-state index in [1.165, 1.54) is 0 Å². The predicted molar refractivity (Wildman–Crippen MR) is 91.6 cm³/mol. The minimum atomic E-state index is -0.367. The number of rotatable bonds is 3. The highest BCUT2D eigenvalue weighted by molar-refractivity contribution is 6.62. The largest absolute Gasteiger partial charge is 0.498 e. The van der Waals surface area contributed by atoms with E-state index in [0.717, 1.165) is 31.4 Å². The highest BCUT2D eigenvalue weighted by Gasteiger charge is 2.52. The molecule has 1 aromatic heterocycles. The van der Waals surface area contributed by atoms with E-state index in [0.29, 0.717) is 6.04 Å². The monoisotopic (exact) mass is 319 g/mol. The Morgan fingerprint density at radius 2 is 1.78 bits per heavy atom. The molecule has 0 radical (unpaired) electrons. The summed E-state index contributed by atoms with van der Waals surface area (Å²) in [4.78, 5) is 2.09. The fourth-order valence-corrected chi connectivity index (χ4v) is 3.18. The number of hydrogen-bond acceptors (Lipinski definition) is 5. The number of piperidine rings is 1. The van der Waals surface area contributed by atoms with Crippen LogP contribution in [0.2, 0.25) is 6.82 Å². The third-order valence-corrected chi connectivity index (χ3v) is 5.55. The Kier molecular flexibility index (Phi) is 4.38. The molecule has 23 heavy (non-hydrogen) atoms. The first-order valence-electron chi connectivity index (χ1n) is 8.51. The Morgan fingerprint density at radius 3 is 2.30 bits per heavy atom. The Morgan fingerprint density at radius 1 is 1.22 bits per heavy atom. The van der Waals surface area contributed by atoms with Crippen LogP contribution in [-0.4, -0.2) is 58.1 Å². The molecule has 0 saturated carbocycles. The van der Waals surface area contributed by atoms with Gasteiger partial charge in [0.05, 0.1) is 17.2 Å². The molecule has 1 aromatic rings. The Balaban J connectivity index is 1.66. The van der Waals surface area contributed by atoms with E-state index in [1.54, 1.807) is 0 Å². The van der Waals surface area contributed by atoms with Gasteiger partial charge in [-0.15, -0.1) is 0 Å². The van der Waals surface area contributed by atoms with E-state index in [9.17, 15) is 5.02 Å². The van der Waals surface area contributed by atoms with Crippen LogP contribution in [0, 0.1) is 0 Å². The van der Waals surface area contributed by atoms with Crippen molar-refractivity contribution >= 4 is 19.6 Å². The van der Waals surface area contributed by atoms with Crippen LogP contribution in [-0.2, 0) is 9.31 Å². The lowest BCUT2D eigenvalue weighted by molar-refractivity contribution is 0.00578. The van der Waals surface area contributed by atoms with Gasteiger partial charge in [0.2, 0.25) is 0 Å². The Bertz CT molecular complexity index is 538. The van der Waals surface area contributed by atoms with Crippen molar-refractivity contribution in [2.45, 2.75) is 64.6 Å². The normalized spacial score (nSPS) is 25.0. The summed E-state index contributed by atoms with van der Waals surface area (Å²) < 4.78 is 14.2. The summed E-state index contributed by atoms with van der Waals surface area (Å²) in [5.41, 5.74) is 0.312. The quantitative estimate of drug-likeness (QED) is 0.840. The summed E-state index contributed by atoms with van der Waals surface area (Å²) in [7, 11) is -0.722. The van der Waals surface area contributed by atoms with E-state index in [4.69, 9.17) is 9.31 Å². The van der Waals surface area contributed by atoms with E-state index >= 15 is 0 Å². The molecule has 0 aliphatic carbocycles. The zero-order valence-electron chi connectivity index (χ0n) is 14.8. The molecule has 0 spiro atoms. The first kappa shape index (κ1) is 17.0. The van der Waals surface area contributed by atoms with Gasteiger partial charge in [-0.05, 0) is 60.4 Å². The molecule has 6 nitrogen and oxygen atoms in total. The van der Waals surface area contributed by atoms with Crippen LogP contribution in [0.3, 0.4) is 0 Å². The lowest BCUT2D eigenvalue weighted by Crippen LogP contribution is -2.43. The van der Waals surface area contributed by atoms with Crippen LogP contribution in [0.1, 0.15) is 46.6 Å². The van der Waals surface area contributed by atoms with Crippen LogP contribution >= 0.6 is 0 Å². The number of aromatic nitrogens is 2. The molecular formula is C15H27B2N3O3. The average molecular weight is 319 g/mol. The maximum atomic E-state index is 9.65. The van der Waals surface area contributed by atoms with Crippen LogP contribution in [0.4, 0.5) is 0 Å². The van der Waals surface area contributed by atoms with Crippen LogP contribution in [0.15, 0.2) is 12.4 Å². The van der Waals surface area contributed by atoms with Crippen LogP contribution < -0.4 is 5.46 Å². The van der Waals surface area contributed by atoms with Crippen molar-refractivity contribution in [2.24, 2.45) is 0 Å². The molecule has 0 aromatic carbocycles. The van der Waals surface area contributed by atoms with Gasteiger partial charge in [0.25, 0.3) is 0 Å². The second-order valence-corrected chi connectivity index (χ2v) is 7.74. The fraction of sp³-hybridized carbons (Fsp3) is 0.800. The zero-order valence-corrected chi connectivity index (χ0v) is 14.8. The SMILES string of the molecule is CB(O)N1CCC(n2cc(B3OC(C)(C)C(C)(C)O3)cn2)CC1. The molecule has 1 N–H and O–H groups in total. The van der Waals surface area contributed by atoms with Gasteiger partial charge in [-0.3, -0.25) is 4.68 Å². The maximum absolute atomic E-state index is 9.65. The summed E-state index contributed by atoms with van der Waals surface area (Å²) in [6, 6.07) is 0.376. The smallest absolute Gasteiger partial charge is 0.437 e. The molecule has 126 valence electrons. The molecular weight excluding hydrogens is 292 g/mol. The second-order valence-electron chi connectivity index (χ2n) is 7.74. The standard InChI is InChI=1S/C15H27B2N3O3/c1-14(2)15(3,4)23-17(22-14)12-10-18-20(11-12)13-6-8-19(9-7-13)16(5)21/h10-11,13,21H,6-9H2,1-5H3. The predicted octanol–water partition coefficient (Wildman–Crippen LogP) is 0.929.